The number of benzene rings is 2. The SMILES string of the molecule is COc1ccc(C[C@@H](Oc2ccccc2C(C)C)C(=O)O)c(OC)c1. The van der Waals surface area contributed by atoms with Gasteiger partial charge in [-0.1, -0.05) is 38.1 Å². The van der Waals surface area contributed by atoms with Gasteiger partial charge in [0.25, 0.3) is 0 Å². The molecular weight excluding hydrogens is 320 g/mol. The van der Waals surface area contributed by atoms with E-state index < -0.39 is 12.1 Å². The molecule has 2 aromatic rings. The summed E-state index contributed by atoms with van der Waals surface area (Å²) in [5, 5.41) is 9.60. The van der Waals surface area contributed by atoms with Crippen LogP contribution in [0.3, 0.4) is 0 Å². The van der Waals surface area contributed by atoms with Gasteiger partial charge in [0.05, 0.1) is 14.2 Å². The Kier molecular flexibility index (Phi) is 6.28. The van der Waals surface area contributed by atoms with Gasteiger partial charge in [-0.05, 0) is 29.2 Å². The number of para-hydroxylation sites is 1. The summed E-state index contributed by atoms with van der Waals surface area (Å²) >= 11 is 0. The van der Waals surface area contributed by atoms with Gasteiger partial charge in [-0.3, -0.25) is 0 Å². The lowest BCUT2D eigenvalue weighted by atomic mass is 10.0. The molecule has 5 heteroatoms. The van der Waals surface area contributed by atoms with Crippen molar-refractivity contribution < 1.29 is 24.1 Å². The average molecular weight is 344 g/mol. The Morgan fingerprint density at radius 2 is 1.76 bits per heavy atom. The summed E-state index contributed by atoms with van der Waals surface area (Å²) in [6.45, 7) is 4.09. The molecule has 0 aliphatic rings. The lowest BCUT2D eigenvalue weighted by Crippen LogP contribution is -2.30. The minimum atomic E-state index is -1.02. The predicted octanol–water partition coefficient (Wildman–Crippen LogP) is 3.90. The molecule has 25 heavy (non-hydrogen) atoms. The molecule has 0 aliphatic heterocycles. The number of rotatable bonds is 8. The fraction of sp³-hybridized carbons (Fsp3) is 0.350. The smallest absolute Gasteiger partial charge is 0.345 e. The second-order valence-electron chi connectivity index (χ2n) is 6.02. The molecule has 1 N–H and O–H groups in total. The molecule has 2 rings (SSSR count). The van der Waals surface area contributed by atoms with E-state index in [1.54, 1.807) is 38.5 Å². The minimum Gasteiger partial charge on any atom is -0.497 e. The predicted molar refractivity (Wildman–Crippen MR) is 95.8 cm³/mol. The van der Waals surface area contributed by atoms with Crippen molar-refractivity contribution >= 4 is 5.97 Å². The normalized spacial score (nSPS) is 11.9. The molecule has 0 saturated heterocycles. The summed E-state index contributed by atoms with van der Waals surface area (Å²) < 4.78 is 16.4. The van der Waals surface area contributed by atoms with Gasteiger partial charge >= 0.3 is 5.97 Å². The Balaban J connectivity index is 2.27. The molecule has 0 spiro atoms. The van der Waals surface area contributed by atoms with Crippen LogP contribution in [0.1, 0.15) is 30.9 Å². The molecule has 2 aromatic carbocycles. The average Bonchev–Trinajstić information content (AvgIpc) is 2.61. The van der Waals surface area contributed by atoms with Crippen LogP contribution in [0.5, 0.6) is 17.2 Å². The summed E-state index contributed by atoms with van der Waals surface area (Å²) in [6, 6.07) is 12.8. The van der Waals surface area contributed by atoms with Crippen LogP contribution in [-0.4, -0.2) is 31.4 Å². The fourth-order valence-electron chi connectivity index (χ4n) is 2.62. The van der Waals surface area contributed by atoms with E-state index in [4.69, 9.17) is 14.2 Å². The third-order valence-corrected chi connectivity index (χ3v) is 3.99. The Bertz CT molecular complexity index is 724. The standard InChI is InChI=1S/C20H24O5/c1-13(2)16-7-5-6-8-17(16)25-19(20(21)22)11-14-9-10-15(23-3)12-18(14)24-4/h5-10,12-13,19H,11H2,1-4H3,(H,21,22)/t19-/m1/s1. The van der Waals surface area contributed by atoms with Crippen molar-refractivity contribution in [2.75, 3.05) is 14.2 Å². The van der Waals surface area contributed by atoms with Crippen molar-refractivity contribution in [3.05, 3.63) is 53.6 Å². The zero-order valence-corrected chi connectivity index (χ0v) is 15.0. The van der Waals surface area contributed by atoms with E-state index in [1.807, 2.05) is 32.0 Å². The molecular formula is C20H24O5. The molecule has 0 saturated carbocycles. The third kappa shape index (κ3) is 4.66. The van der Waals surface area contributed by atoms with Crippen molar-refractivity contribution in [1.29, 1.82) is 0 Å². The fourth-order valence-corrected chi connectivity index (χ4v) is 2.62. The molecule has 134 valence electrons. The highest BCUT2D eigenvalue weighted by Crippen LogP contribution is 2.29. The lowest BCUT2D eigenvalue weighted by molar-refractivity contribution is -0.145. The summed E-state index contributed by atoms with van der Waals surface area (Å²) in [4.78, 5) is 11.7. The van der Waals surface area contributed by atoms with E-state index in [-0.39, 0.29) is 12.3 Å². The second kappa shape index (κ2) is 8.42. The Hall–Kier alpha value is -2.69. The monoisotopic (exact) mass is 344 g/mol. The number of carbonyl (C=O) groups is 1. The first kappa shape index (κ1) is 18.6. The maximum atomic E-state index is 11.7. The van der Waals surface area contributed by atoms with Gasteiger partial charge in [0.1, 0.15) is 17.2 Å². The molecule has 0 radical (unpaired) electrons. The summed E-state index contributed by atoms with van der Waals surface area (Å²) in [5.74, 6) is 1.04. The Morgan fingerprint density at radius 1 is 1.04 bits per heavy atom. The van der Waals surface area contributed by atoms with Gasteiger partial charge in [0.15, 0.2) is 6.10 Å². The molecule has 0 aromatic heterocycles. The maximum absolute atomic E-state index is 11.7. The maximum Gasteiger partial charge on any atom is 0.345 e. The van der Waals surface area contributed by atoms with E-state index in [2.05, 4.69) is 0 Å². The van der Waals surface area contributed by atoms with Crippen LogP contribution in [-0.2, 0) is 11.2 Å². The van der Waals surface area contributed by atoms with Crippen molar-refractivity contribution in [3.63, 3.8) is 0 Å². The van der Waals surface area contributed by atoms with Crippen LogP contribution >= 0.6 is 0 Å². The highest BCUT2D eigenvalue weighted by molar-refractivity contribution is 5.73. The molecule has 1 atom stereocenters. The third-order valence-electron chi connectivity index (χ3n) is 3.99. The van der Waals surface area contributed by atoms with Crippen LogP contribution in [0, 0.1) is 0 Å². The Morgan fingerprint density at radius 3 is 2.36 bits per heavy atom. The van der Waals surface area contributed by atoms with E-state index in [9.17, 15) is 9.90 Å². The largest absolute Gasteiger partial charge is 0.497 e. The van der Waals surface area contributed by atoms with Crippen LogP contribution in [0.25, 0.3) is 0 Å². The first-order valence-corrected chi connectivity index (χ1v) is 8.15. The van der Waals surface area contributed by atoms with Crippen LogP contribution in [0.2, 0.25) is 0 Å². The van der Waals surface area contributed by atoms with Crippen molar-refractivity contribution in [1.82, 2.24) is 0 Å². The molecule has 0 heterocycles. The van der Waals surface area contributed by atoms with Crippen LogP contribution in [0.4, 0.5) is 0 Å². The van der Waals surface area contributed by atoms with Gasteiger partial charge in [-0.2, -0.15) is 0 Å². The number of ether oxygens (including phenoxy) is 3. The van der Waals surface area contributed by atoms with Gasteiger partial charge in [0, 0.05) is 12.5 Å². The van der Waals surface area contributed by atoms with Crippen molar-refractivity contribution in [3.8, 4) is 17.2 Å². The quantitative estimate of drug-likeness (QED) is 0.787. The first-order valence-electron chi connectivity index (χ1n) is 8.15. The van der Waals surface area contributed by atoms with Gasteiger partial charge < -0.3 is 19.3 Å². The minimum absolute atomic E-state index is 0.189. The van der Waals surface area contributed by atoms with Gasteiger partial charge in [-0.15, -0.1) is 0 Å². The molecule has 0 aliphatic carbocycles. The summed E-state index contributed by atoms with van der Waals surface area (Å²) in [7, 11) is 3.11. The summed E-state index contributed by atoms with van der Waals surface area (Å²) in [5.41, 5.74) is 1.73. The highest BCUT2D eigenvalue weighted by atomic mass is 16.5. The van der Waals surface area contributed by atoms with Gasteiger partial charge in [-0.25, -0.2) is 4.79 Å². The first-order chi connectivity index (χ1) is 12.0. The Labute approximate surface area is 148 Å². The van der Waals surface area contributed by atoms with Crippen molar-refractivity contribution in [2.24, 2.45) is 0 Å². The number of hydrogen-bond acceptors (Lipinski definition) is 4. The highest BCUT2D eigenvalue weighted by Gasteiger charge is 2.23. The van der Waals surface area contributed by atoms with E-state index in [0.717, 1.165) is 11.1 Å². The molecule has 0 unspecified atom stereocenters. The van der Waals surface area contributed by atoms with Crippen molar-refractivity contribution in [2.45, 2.75) is 32.3 Å². The van der Waals surface area contributed by atoms with E-state index in [1.165, 1.54) is 0 Å². The zero-order valence-electron chi connectivity index (χ0n) is 15.0. The van der Waals surface area contributed by atoms with Gasteiger partial charge in [0.2, 0.25) is 0 Å². The second-order valence-corrected chi connectivity index (χ2v) is 6.02. The number of hydrogen-bond donors (Lipinski definition) is 1. The molecule has 0 fully saturated rings. The van der Waals surface area contributed by atoms with Crippen LogP contribution in [0.15, 0.2) is 42.5 Å². The number of carboxylic acid groups (broad SMARTS) is 1. The molecule has 0 bridgehead atoms. The number of aliphatic carboxylic acids is 1. The molecule has 5 nitrogen and oxygen atoms in total. The van der Waals surface area contributed by atoms with E-state index >= 15 is 0 Å². The van der Waals surface area contributed by atoms with E-state index in [0.29, 0.717) is 17.2 Å². The lowest BCUT2D eigenvalue weighted by Gasteiger charge is -2.20. The molecule has 0 amide bonds. The topological polar surface area (TPSA) is 65.0 Å². The van der Waals surface area contributed by atoms with Crippen LogP contribution < -0.4 is 14.2 Å². The zero-order chi connectivity index (χ0) is 18.4. The summed E-state index contributed by atoms with van der Waals surface area (Å²) in [6.07, 6.45) is -0.822. The number of methoxy groups -OCH3 is 2. The number of carboxylic acids is 1.